The van der Waals surface area contributed by atoms with E-state index in [2.05, 4.69) is 15.2 Å². The van der Waals surface area contributed by atoms with Crippen molar-refractivity contribution in [1.82, 2.24) is 15.2 Å². The first-order chi connectivity index (χ1) is 7.90. The van der Waals surface area contributed by atoms with Gasteiger partial charge in [-0.25, -0.2) is 0 Å². The summed E-state index contributed by atoms with van der Waals surface area (Å²) in [4.78, 5) is 4.01. The Morgan fingerprint density at radius 3 is 2.69 bits per heavy atom. The Kier molecular flexibility index (Phi) is 2.22. The summed E-state index contributed by atoms with van der Waals surface area (Å²) in [5, 5.41) is 7.52. The number of aromatic amines is 1. The van der Waals surface area contributed by atoms with Gasteiger partial charge in [0.1, 0.15) is 0 Å². The normalized spacial score (nSPS) is 15.3. The Labute approximate surface area is 93.9 Å². The Bertz CT molecular complexity index is 485. The molecule has 3 rings (SSSR count). The van der Waals surface area contributed by atoms with Crippen molar-refractivity contribution in [2.24, 2.45) is 5.73 Å². The maximum atomic E-state index is 5.82. The van der Waals surface area contributed by atoms with E-state index >= 15 is 0 Å². The first kappa shape index (κ1) is 9.54. The number of hydrogen-bond acceptors (Lipinski definition) is 3. The summed E-state index contributed by atoms with van der Waals surface area (Å²) in [6.07, 6.45) is 6.07. The predicted molar refractivity (Wildman–Crippen MR) is 61.7 cm³/mol. The van der Waals surface area contributed by atoms with Gasteiger partial charge in [-0.2, -0.15) is 5.10 Å². The molecule has 0 bridgehead atoms. The van der Waals surface area contributed by atoms with Crippen LogP contribution in [-0.4, -0.2) is 15.2 Å². The highest BCUT2D eigenvalue weighted by molar-refractivity contribution is 5.63. The molecule has 4 heteroatoms. The molecule has 2 aromatic rings. The van der Waals surface area contributed by atoms with E-state index in [-0.39, 0.29) is 0 Å². The summed E-state index contributed by atoms with van der Waals surface area (Å²) >= 11 is 0. The van der Waals surface area contributed by atoms with Gasteiger partial charge in [-0.3, -0.25) is 10.1 Å². The van der Waals surface area contributed by atoms with E-state index in [0.717, 1.165) is 16.8 Å². The van der Waals surface area contributed by atoms with E-state index in [1.165, 1.54) is 18.5 Å². The lowest BCUT2D eigenvalue weighted by Crippen LogP contribution is -2.00. The van der Waals surface area contributed by atoms with Crippen molar-refractivity contribution in [3.05, 3.63) is 35.8 Å². The summed E-state index contributed by atoms with van der Waals surface area (Å²) < 4.78 is 0. The van der Waals surface area contributed by atoms with E-state index in [9.17, 15) is 0 Å². The summed E-state index contributed by atoms with van der Waals surface area (Å²) in [6, 6.07) is 3.93. The largest absolute Gasteiger partial charge is 0.326 e. The van der Waals surface area contributed by atoms with Gasteiger partial charge in [0.2, 0.25) is 0 Å². The number of H-pyrrole nitrogens is 1. The number of rotatable bonds is 3. The molecule has 3 N–H and O–H groups in total. The highest BCUT2D eigenvalue weighted by Crippen LogP contribution is 2.42. The molecule has 0 radical (unpaired) electrons. The van der Waals surface area contributed by atoms with E-state index in [0.29, 0.717) is 12.5 Å². The second kappa shape index (κ2) is 3.72. The molecular weight excluding hydrogens is 200 g/mol. The zero-order valence-corrected chi connectivity index (χ0v) is 8.98. The minimum atomic E-state index is 0.542. The molecule has 1 aliphatic rings. The van der Waals surface area contributed by atoms with Crippen LogP contribution >= 0.6 is 0 Å². The third-order valence-corrected chi connectivity index (χ3v) is 3.04. The molecule has 1 saturated carbocycles. The fourth-order valence-corrected chi connectivity index (χ4v) is 2.04. The van der Waals surface area contributed by atoms with Gasteiger partial charge >= 0.3 is 0 Å². The van der Waals surface area contributed by atoms with Crippen LogP contribution in [0.2, 0.25) is 0 Å². The Balaban J connectivity index is 2.07. The minimum Gasteiger partial charge on any atom is -0.326 e. The van der Waals surface area contributed by atoms with Gasteiger partial charge < -0.3 is 5.73 Å². The minimum absolute atomic E-state index is 0.542. The number of aromatic nitrogens is 3. The summed E-state index contributed by atoms with van der Waals surface area (Å²) in [5.74, 6) is 0.654. The SMILES string of the molecule is NCc1c(-c2ccncc2)n[nH]c1C1CC1. The molecule has 0 unspecified atom stereocenters. The van der Waals surface area contributed by atoms with Crippen LogP contribution in [0.5, 0.6) is 0 Å². The van der Waals surface area contributed by atoms with Crippen molar-refractivity contribution < 1.29 is 0 Å². The number of pyridine rings is 1. The van der Waals surface area contributed by atoms with Crippen molar-refractivity contribution in [1.29, 1.82) is 0 Å². The van der Waals surface area contributed by atoms with Crippen molar-refractivity contribution in [3.8, 4) is 11.3 Å². The number of nitrogens with zero attached hydrogens (tertiary/aromatic N) is 2. The van der Waals surface area contributed by atoms with Crippen molar-refractivity contribution in [3.63, 3.8) is 0 Å². The highest BCUT2D eigenvalue weighted by Gasteiger charge is 2.29. The molecule has 0 aliphatic heterocycles. The number of hydrogen-bond donors (Lipinski definition) is 2. The van der Waals surface area contributed by atoms with Crippen molar-refractivity contribution in [2.75, 3.05) is 0 Å². The third kappa shape index (κ3) is 1.51. The lowest BCUT2D eigenvalue weighted by Gasteiger charge is -2.01. The first-order valence-electron chi connectivity index (χ1n) is 5.57. The fraction of sp³-hybridized carbons (Fsp3) is 0.333. The molecule has 16 heavy (non-hydrogen) atoms. The monoisotopic (exact) mass is 214 g/mol. The van der Waals surface area contributed by atoms with E-state index in [1.54, 1.807) is 12.4 Å². The number of nitrogens with one attached hydrogen (secondary N) is 1. The van der Waals surface area contributed by atoms with Gasteiger partial charge in [0, 0.05) is 41.7 Å². The zero-order chi connectivity index (χ0) is 11.0. The predicted octanol–water partition coefficient (Wildman–Crippen LogP) is 1.81. The Morgan fingerprint density at radius 1 is 1.31 bits per heavy atom. The van der Waals surface area contributed by atoms with Gasteiger partial charge in [-0.05, 0) is 25.0 Å². The zero-order valence-electron chi connectivity index (χ0n) is 8.98. The summed E-state index contributed by atoms with van der Waals surface area (Å²) in [7, 11) is 0. The Morgan fingerprint density at radius 2 is 2.06 bits per heavy atom. The van der Waals surface area contributed by atoms with Gasteiger partial charge in [-0.15, -0.1) is 0 Å². The standard InChI is InChI=1S/C12H14N4/c13-7-10-11(8-1-2-8)15-16-12(10)9-3-5-14-6-4-9/h3-6,8H,1-2,7,13H2,(H,15,16). The quantitative estimate of drug-likeness (QED) is 0.818. The van der Waals surface area contributed by atoms with Crippen LogP contribution in [-0.2, 0) is 6.54 Å². The first-order valence-corrected chi connectivity index (χ1v) is 5.57. The average Bonchev–Trinajstić information content (AvgIpc) is 3.09. The maximum absolute atomic E-state index is 5.82. The van der Waals surface area contributed by atoms with Crippen LogP contribution in [0.25, 0.3) is 11.3 Å². The molecule has 0 aromatic carbocycles. The van der Waals surface area contributed by atoms with Crippen molar-refractivity contribution >= 4 is 0 Å². The lowest BCUT2D eigenvalue weighted by molar-refractivity contribution is 0.938. The van der Waals surface area contributed by atoms with E-state index in [4.69, 9.17) is 5.73 Å². The molecule has 0 amide bonds. The van der Waals surface area contributed by atoms with Gasteiger partial charge in [-0.1, -0.05) is 0 Å². The second-order valence-corrected chi connectivity index (χ2v) is 4.18. The summed E-state index contributed by atoms with van der Waals surface area (Å²) in [5.41, 5.74) is 10.3. The maximum Gasteiger partial charge on any atom is 0.0969 e. The van der Waals surface area contributed by atoms with Gasteiger partial charge in [0.15, 0.2) is 0 Å². The lowest BCUT2D eigenvalue weighted by atomic mass is 10.1. The molecule has 0 saturated heterocycles. The molecule has 2 heterocycles. The molecular formula is C12H14N4. The number of nitrogens with two attached hydrogens (primary N) is 1. The smallest absolute Gasteiger partial charge is 0.0969 e. The fourth-order valence-electron chi connectivity index (χ4n) is 2.04. The third-order valence-electron chi connectivity index (χ3n) is 3.04. The molecule has 82 valence electrons. The van der Waals surface area contributed by atoms with Crippen LogP contribution in [0.3, 0.4) is 0 Å². The topological polar surface area (TPSA) is 67.6 Å². The van der Waals surface area contributed by atoms with Crippen LogP contribution in [0.15, 0.2) is 24.5 Å². The molecule has 2 aromatic heterocycles. The van der Waals surface area contributed by atoms with Gasteiger partial charge in [0.25, 0.3) is 0 Å². The van der Waals surface area contributed by atoms with Gasteiger partial charge in [0.05, 0.1) is 5.69 Å². The van der Waals surface area contributed by atoms with Crippen LogP contribution < -0.4 is 5.73 Å². The second-order valence-electron chi connectivity index (χ2n) is 4.18. The molecule has 0 spiro atoms. The Hall–Kier alpha value is -1.68. The molecule has 1 aliphatic carbocycles. The molecule has 1 fully saturated rings. The molecule has 0 atom stereocenters. The van der Waals surface area contributed by atoms with Crippen LogP contribution in [0.4, 0.5) is 0 Å². The van der Waals surface area contributed by atoms with Crippen LogP contribution in [0, 0.1) is 0 Å². The molecule has 4 nitrogen and oxygen atoms in total. The van der Waals surface area contributed by atoms with Crippen LogP contribution in [0.1, 0.15) is 30.0 Å². The van der Waals surface area contributed by atoms with E-state index in [1.807, 2.05) is 12.1 Å². The van der Waals surface area contributed by atoms with E-state index < -0.39 is 0 Å². The highest BCUT2D eigenvalue weighted by atomic mass is 15.1. The average molecular weight is 214 g/mol. The summed E-state index contributed by atoms with van der Waals surface area (Å²) in [6.45, 7) is 0.542. The van der Waals surface area contributed by atoms with Crippen molar-refractivity contribution in [2.45, 2.75) is 25.3 Å².